The average Bonchev–Trinajstić information content (AvgIpc) is 2.78. The molecule has 7 nitrogen and oxygen atoms in total. The zero-order valence-corrected chi connectivity index (χ0v) is 21.2. The van der Waals surface area contributed by atoms with E-state index in [2.05, 4.69) is 5.32 Å². The van der Waals surface area contributed by atoms with Gasteiger partial charge in [0.1, 0.15) is 12.2 Å². The summed E-state index contributed by atoms with van der Waals surface area (Å²) in [6.07, 6.45) is 0.0623. The summed E-state index contributed by atoms with van der Waals surface area (Å²) < 4.78 is 10.8. The number of esters is 1. The molecule has 2 aromatic rings. The second-order valence-corrected chi connectivity index (χ2v) is 10.2. The molecule has 1 amide bonds. The molecule has 0 fully saturated rings. The van der Waals surface area contributed by atoms with Crippen molar-refractivity contribution in [3.63, 3.8) is 0 Å². The second-order valence-electron chi connectivity index (χ2n) is 10.2. The molecule has 1 unspecified atom stereocenters. The first kappa shape index (κ1) is 27.9. The molecule has 0 saturated heterocycles. The lowest BCUT2D eigenvalue weighted by molar-refractivity contribution is -0.167. The third kappa shape index (κ3) is 10.2. The molecule has 0 aliphatic heterocycles. The molecule has 0 aliphatic carbocycles. The molecule has 0 bridgehead atoms. The molecule has 0 saturated carbocycles. The fraction of sp³-hybridized carbons (Fsp3) is 0.464. The molecule has 0 aliphatic rings. The van der Waals surface area contributed by atoms with Gasteiger partial charge < -0.3 is 19.9 Å². The van der Waals surface area contributed by atoms with Crippen molar-refractivity contribution in [2.75, 3.05) is 0 Å². The first-order chi connectivity index (χ1) is 16.4. The van der Waals surface area contributed by atoms with Crippen LogP contribution in [-0.2, 0) is 38.6 Å². The summed E-state index contributed by atoms with van der Waals surface area (Å²) in [5.74, 6) is -3.10. The van der Waals surface area contributed by atoms with Crippen LogP contribution in [0.15, 0.2) is 54.6 Å². The number of alkyl carbamates (subject to hydrolysis) is 1. The maximum Gasteiger partial charge on any atom is 0.407 e. The van der Waals surface area contributed by atoms with E-state index in [1.807, 2.05) is 68.4 Å². The molecule has 0 heterocycles. The Bertz CT molecular complexity index is 980. The van der Waals surface area contributed by atoms with E-state index < -0.39 is 35.5 Å². The SMILES string of the molecule is CC(C)C[C@@H](C(=O)O)C(Cc1cccc(CNC(=O)OCc2ccccc2)c1)C(=O)OC(C)(C)C. The lowest BCUT2D eigenvalue weighted by Gasteiger charge is -2.28. The lowest BCUT2D eigenvalue weighted by atomic mass is 9.81. The quantitative estimate of drug-likeness (QED) is 0.417. The Morgan fingerprint density at radius 1 is 0.914 bits per heavy atom. The maximum atomic E-state index is 13.0. The zero-order valence-electron chi connectivity index (χ0n) is 21.2. The molecule has 2 atom stereocenters. The van der Waals surface area contributed by atoms with Crippen molar-refractivity contribution >= 4 is 18.0 Å². The van der Waals surface area contributed by atoms with E-state index in [4.69, 9.17) is 9.47 Å². The minimum Gasteiger partial charge on any atom is -0.481 e. The molecule has 7 heteroatoms. The largest absolute Gasteiger partial charge is 0.481 e. The van der Waals surface area contributed by atoms with E-state index in [9.17, 15) is 19.5 Å². The molecule has 35 heavy (non-hydrogen) atoms. The van der Waals surface area contributed by atoms with Gasteiger partial charge in [-0.15, -0.1) is 0 Å². The van der Waals surface area contributed by atoms with Gasteiger partial charge in [-0.25, -0.2) is 4.79 Å². The Hall–Kier alpha value is -3.35. The monoisotopic (exact) mass is 483 g/mol. The second kappa shape index (κ2) is 12.9. The van der Waals surface area contributed by atoms with Crippen LogP contribution in [0.4, 0.5) is 4.79 Å². The Balaban J connectivity index is 2.08. The predicted octanol–water partition coefficient (Wildman–Crippen LogP) is 5.36. The number of hydrogen-bond acceptors (Lipinski definition) is 5. The van der Waals surface area contributed by atoms with Gasteiger partial charge in [-0.3, -0.25) is 9.59 Å². The number of carbonyl (C=O) groups excluding carboxylic acids is 2. The van der Waals surface area contributed by atoms with E-state index in [1.54, 1.807) is 20.8 Å². The van der Waals surface area contributed by atoms with Gasteiger partial charge in [0.15, 0.2) is 0 Å². The average molecular weight is 484 g/mol. The van der Waals surface area contributed by atoms with E-state index in [0.717, 1.165) is 16.7 Å². The van der Waals surface area contributed by atoms with Crippen LogP contribution in [0.2, 0.25) is 0 Å². The van der Waals surface area contributed by atoms with Crippen molar-refractivity contribution in [1.29, 1.82) is 0 Å². The number of benzene rings is 2. The zero-order chi connectivity index (χ0) is 26.0. The highest BCUT2D eigenvalue weighted by Gasteiger charge is 2.37. The van der Waals surface area contributed by atoms with Gasteiger partial charge in [-0.05, 0) is 56.2 Å². The van der Waals surface area contributed by atoms with Crippen molar-refractivity contribution < 1.29 is 29.0 Å². The Morgan fingerprint density at radius 2 is 1.54 bits per heavy atom. The number of nitrogens with one attached hydrogen (secondary N) is 1. The van der Waals surface area contributed by atoms with Crippen LogP contribution >= 0.6 is 0 Å². The van der Waals surface area contributed by atoms with Crippen molar-refractivity contribution in [3.8, 4) is 0 Å². The van der Waals surface area contributed by atoms with Crippen LogP contribution in [0, 0.1) is 17.8 Å². The summed E-state index contributed by atoms with van der Waals surface area (Å²) in [5.41, 5.74) is 1.79. The van der Waals surface area contributed by atoms with Gasteiger partial charge in [0.05, 0.1) is 11.8 Å². The van der Waals surface area contributed by atoms with Crippen molar-refractivity contribution in [2.45, 2.75) is 66.2 Å². The standard InChI is InChI=1S/C28H37NO6/c1-19(2)14-23(25(30)31)24(26(32)35-28(3,4)5)16-21-12-9-13-22(15-21)17-29-27(33)34-18-20-10-7-6-8-11-20/h6-13,15,19,23-24H,14,16-18H2,1-5H3,(H,29,33)(H,30,31)/t23-,24?/m1/s1. The van der Waals surface area contributed by atoms with Crippen LogP contribution in [0.3, 0.4) is 0 Å². The van der Waals surface area contributed by atoms with E-state index in [-0.39, 0.29) is 25.5 Å². The van der Waals surface area contributed by atoms with Crippen molar-refractivity contribution in [2.24, 2.45) is 17.8 Å². The fourth-order valence-corrected chi connectivity index (χ4v) is 3.78. The van der Waals surface area contributed by atoms with Crippen LogP contribution < -0.4 is 5.32 Å². The lowest BCUT2D eigenvalue weighted by Crippen LogP contribution is -2.37. The first-order valence-electron chi connectivity index (χ1n) is 11.9. The highest BCUT2D eigenvalue weighted by atomic mass is 16.6. The highest BCUT2D eigenvalue weighted by molar-refractivity contribution is 5.81. The molecule has 0 radical (unpaired) electrons. The summed E-state index contributed by atoms with van der Waals surface area (Å²) in [7, 11) is 0. The number of hydrogen-bond donors (Lipinski definition) is 2. The smallest absolute Gasteiger partial charge is 0.407 e. The molecular formula is C28H37NO6. The van der Waals surface area contributed by atoms with Crippen molar-refractivity contribution in [1.82, 2.24) is 5.32 Å². The minimum absolute atomic E-state index is 0.110. The molecule has 2 rings (SSSR count). The molecule has 190 valence electrons. The van der Waals surface area contributed by atoms with Crippen LogP contribution in [0.25, 0.3) is 0 Å². The van der Waals surface area contributed by atoms with Gasteiger partial charge >= 0.3 is 18.0 Å². The number of amides is 1. The molecule has 0 spiro atoms. The Kier molecular flexibility index (Phi) is 10.3. The van der Waals surface area contributed by atoms with Crippen LogP contribution in [-0.4, -0.2) is 28.7 Å². The highest BCUT2D eigenvalue weighted by Crippen LogP contribution is 2.28. The van der Waals surface area contributed by atoms with Crippen LogP contribution in [0.1, 0.15) is 57.7 Å². The van der Waals surface area contributed by atoms with Gasteiger partial charge in [0.2, 0.25) is 0 Å². The molecule has 2 N–H and O–H groups in total. The van der Waals surface area contributed by atoms with Gasteiger partial charge in [0, 0.05) is 6.54 Å². The number of carbonyl (C=O) groups is 3. The molecule has 2 aromatic carbocycles. The normalized spacial score (nSPS) is 13.1. The van der Waals surface area contributed by atoms with Gasteiger partial charge in [0.25, 0.3) is 0 Å². The molecular weight excluding hydrogens is 446 g/mol. The van der Waals surface area contributed by atoms with E-state index >= 15 is 0 Å². The maximum absolute atomic E-state index is 13.0. The Labute approximate surface area is 207 Å². The third-order valence-corrected chi connectivity index (χ3v) is 5.33. The topological polar surface area (TPSA) is 102 Å². The van der Waals surface area contributed by atoms with Gasteiger partial charge in [-0.2, -0.15) is 0 Å². The predicted molar refractivity (Wildman–Crippen MR) is 134 cm³/mol. The van der Waals surface area contributed by atoms with E-state index in [1.165, 1.54) is 0 Å². The molecule has 0 aromatic heterocycles. The summed E-state index contributed by atoms with van der Waals surface area (Å²) in [6.45, 7) is 9.59. The number of ether oxygens (including phenoxy) is 2. The summed E-state index contributed by atoms with van der Waals surface area (Å²) >= 11 is 0. The number of rotatable bonds is 11. The van der Waals surface area contributed by atoms with Crippen molar-refractivity contribution in [3.05, 3.63) is 71.3 Å². The number of aliphatic carboxylic acids is 1. The summed E-state index contributed by atoms with van der Waals surface area (Å²) in [4.78, 5) is 37.2. The first-order valence-corrected chi connectivity index (χ1v) is 11.9. The summed E-state index contributed by atoms with van der Waals surface area (Å²) in [6, 6.07) is 16.8. The number of carboxylic acids is 1. The minimum atomic E-state index is -1.01. The number of carboxylic acid groups (broad SMARTS) is 1. The van der Waals surface area contributed by atoms with Gasteiger partial charge in [-0.1, -0.05) is 68.4 Å². The Morgan fingerprint density at radius 3 is 2.14 bits per heavy atom. The van der Waals surface area contributed by atoms with E-state index in [0.29, 0.717) is 6.42 Å². The summed E-state index contributed by atoms with van der Waals surface area (Å²) in [5, 5.41) is 12.6. The third-order valence-electron chi connectivity index (χ3n) is 5.33. The fourth-order valence-electron chi connectivity index (χ4n) is 3.78. The van der Waals surface area contributed by atoms with Crippen LogP contribution in [0.5, 0.6) is 0 Å².